The van der Waals surface area contributed by atoms with Gasteiger partial charge in [0.1, 0.15) is 5.15 Å². The molecule has 1 saturated carbocycles. The van der Waals surface area contributed by atoms with Gasteiger partial charge in [0.2, 0.25) is 0 Å². The van der Waals surface area contributed by atoms with Crippen LogP contribution in [0.3, 0.4) is 0 Å². The van der Waals surface area contributed by atoms with E-state index in [0.717, 1.165) is 5.56 Å². The number of rotatable bonds is 2. The van der Waals surface area contributed by atoms with E-state index in [2.05, 4.69) is 4.98 Å². The van der Waals surface area contributed by atoms with Crippen molar-refractivity contribution in [3.8, 4) is 0 Å². The quantitative estimate of drug-likeness (QED) is 0.824. The van der Waals surface area contributed by atoms with Crippen molar-refractivity contribution in [2.75, 3.05) is 0 Å². The van der Waals surface area contributed by atoms with Crippen molar-refractivity contribution < 1.29 is 0 Å². The van der Waals surface area contributed by atoms with Gasteiger partial charge >= 0.3 is 0 Å². The Kier molecular flexibility index (Phi) is 5.53. The summed E-state index contributed by atoms with van der Waals surface area (Å²) in [7, 11) is 0. The van der Waals surface area contributed by atoms with E-state index in [1.54, 1.807) is 6.20 Å². The summed E-state index contributed by atoms with van der Waals surface area (Å²) in [5.41, 5.74) is 7.25. The second kappa shape index (κ2) is 6.43. The lowest BCUT2D eigenvalue weighted by atomic mass is 9.82. The van der Waals surface area contributed by atoms with Gasteiger partial charge in [-0.15, -0.1) is 12.4 Å². The van der Waals surface area contributed by atoms with Crippen LogP contribution in [0.5, 0.6) is 0 Å². The molecule has 0 radical (unpaired) electrons. The molecule has 0 amide bonds. The first-order valence-electron chi connectivity index (χ1n) is 5.65. The average molecular weight is 261 g/mol. The molecule has 0 aromatic carbocycles. The molecule has 2 nitrogen and oxygen atoms in total. The van der Waals surface area contributed by atoms with Gasteiger partial charge in [0.25, 0.3) is 0 Å². The monoisotopic (exact) mass is 260 g/mol. The lowest BCUT2D eigenvalue weighted by molar-refractivity contribution is 0.308. The number of halogens is 2. The minimum absolute atomic E-state index is 0. The second-order valence-corrected chi connectivity index (χ2v) is 4.67. The van der Waals surface area contributed by atoms with Crippen LogP contribution in [-0.2, 0) is 0 Å². The largest absolute Gasteiger partial charge is 0.324 e. The summed E-state index contributed by atoms with van der Waals surface area (Å²) in [6.07, 6.45) is 8.12. The lowest BCUT2D eigenvalue weighted by Crippen LogP contribution is -2.24. The van der Waals surface area contributed by atoms with Gasteiger partial charge in [-0.25, -0.2) is 4.98 Å². The summed E-state index contributed by atoms with van der Waals surface area (Å²) >= 11 is 6.05. The molecular formula is C12H18Cl2N2. The number of nitrogens with zero attached hydrogens (tertiary/aromatic N) is 1. The van der Waals surface area contributed by atoms with Crippen LogP contribution in [0, 0.1) is 5.92 Å². The number of hydrogen-bond acceptors (Lipinski definition) is 2. The zero-order valence-electron chi connectivity index (χ0n) is 9.23. The molecule has 4 heteroatoms. The Bertz CT molecular complexity index is 325. The molecule has 0 unspecified atom stereocenters. The highest BCUT2D eigenvalue weighted by Gasteiger charge is 2.23. The van der Waals surface area contributed by atoms with Crippen LogP contribution in [0.1, 0.15) is 43.7 Å². The summed E-state index contributed by atoms with van der Waals surface area (Å²) in [6.45, 7) is 0. The van der Waals surface area contributed by atoms with Gasteiger partial charge in [0.15, 0.2) is 0 Å². The Balaban J connectivity index is 0.00000128. The fourth-order valence-electron chi connectivity index (χ4n) is 2.39. The molecule has 0 aliphatic heterocycles. The standard InChI is InChI=1S/C12H17ClN2.ClH/c13-12-10(7-4-8-15-12)11(14)9-5-2-1-3-6-9;/h4,7-9,11H,1-3,5-6,14H2;1H/t11-;/m0./s1. The molecule has 0 spiro atoms. The van der Waals surface area contributed by atoms with Crippen molar-refractivity contribution in [2.24, 2.45) is 11.7 Å². The first kappa shape index (κ1) is 13.8. The van der Waals surface area contributed by atoms with Crippen LogP contribution in [0.4, 0.5) is 0 Å². The summed E-state index contributed by atoms with van der Waals surface area (Å²) in [6, 6.07) is 3.96. The zero-order valence-corrected chi connectivity index (χ0v) is 10.8. The molecule has 1 aliphatic rings. The van der Waals surface area contributed by atoms with E-state index in [4.69, 9.17) is 17.3 Å². The molecule has 0 saturated heterocycles. The molecule has 1 fully saturated rings. The molecule has 2 N–H and O–H groups in total. The fourth-order valence-corrected chi connectivity index (χ4v) is 2.64. The van der Waals surface area contributed by atoms with Gasteiger partial charge in [-0.3, -0.25) is 0 Å². The first-order chi connectivity index (χ1) is 7.29. The maximum atomic E-state index is 6.25. The average Bonchev–Trinajstić information content (AvgIpc) is 2.30. The summed E-state index contributed by atoms with van der Waals surface area (Å²) in [4.78, 5) is 4.08. The van der Waals surface area contributed by atoms with Crippen LogP contribution >= 0.6 is 24.0 Å². The van der Waals surface area contributed by atoms with Crippen LogP contribution in [0.15, 0.2) is 18.3 Å². The van der Waals surface area contributed by atoms with Gasteiger partial charge < -0.3 is 5.73 Å². The van der Waals surface area contributed by atoms with E-state index in [1.807, 2.05) is 12.1 Å². The number of nitrogens with two attached hydrogens (primary N) is 1. The summed E-state index contributed by atoms with van der Waals surface area (Å²) in [5.74, 6) is 0.584. The van der Waals surface area contributed by atoms with Crippen molar-refractivity contribution in [3.63, 3.8) is 0 Å². The predicted octanol–water partition coefficient (Wildman–Crippen LogP) is 3.74. The maximum Gasteiger partial charge on any atom is 0.133 e. The molecule has 1 aromatic heterocycles. The van der Waals surface area contributed by atoms with Crippen molar-refractivity contribution in [3.05, 3.63) is 29.0 Å². The van der Waals surface area contributed by atoms with E-state index in [0.29, 0.717) is 11.1 Å². The Morgan fingerprint density at radius 2 is 2.00 bits per heavy atom. The smallest absolute Gasteiger partial charge is 0.133 e. The van der Waals surface area contributed by atoms with E-state index in [-0.39, 0.29) is 18.4 Å². The predicted molar refractivity (Wildman–Crippen MR) is 70.0 cm³/mol. The molecule has 1 heterocycles. The zero-order chi connectivity index (χ0) is 10.7. The van der Waals surface area contributed by atoms with Crippen LogP contribution in [-0.4, -0.2) is 4.98 Å². The third-order valence-electron chi connectivity index (χ3n) is 3.30. The second-order valence-electron chi connectivity index (χ2n) is 4.31. The highest BCUT2D eigenvalue weighted by molar-refractivity contribution is 6.30. The Labute approximate surface area is 108 Å². The van der Waals surface area contributed by atoms with Crippen LogP contribution in [0.2, 0.25) is 5.15 Å². The molecule has 90 valence electrons. The Hall–Kier alpha value is -0.310. The topological polar surface area (TPSA) is 38.9 Å². The van der Waals surface area contributed by atoms with Gasteiger partial charge in [-0.05, 0) is 24.8 Å². The van der Waals surface area contributed by atoms with Crippen molar-refractivity contribution in [2.45, 2.75) is 38.1 Å². The van der Waals surface area contributed by atoms with Crippen LogP contribution < -0.4 is 5.73 Å². The molecule has 1 aromatic rings. The molecule has 1 aliphatic carbocycles. The maximum absolute atomic E-state index is 6.25. The van der Waals surface area contributed by atoms with Gasteiger partial charge in [-0.2, -0.15) is 0 Å². The minimum atomic E-state index is 0. The highest BCUT2D eigenvalue weighted by Crippen LogP contribution is 2.34. The first-order valence-corrected chi connectivity index (χ1v) is 6.03. The van der Waals surface area contributed by atoms with E-state index >= 15 is 0 Å². The van der Waals surface area contributed by atoms with E-state index < -0.39 is 0 Å². The number of pyridine rings is 1. The van der Waals surface area contributed by atoms with Crippen LogP contribution in [0.25, 0.3) is 0 Å². The van der Waals surface area contributed by atoms with Gasteiger partial charge in [0.05, 0.1) is 0 Å². The Morgan fingerprint density at radius 3 is 2.62 bits per heavy atom. The fraction of sp³-hybridized carbons (Fsp3) is 0.583. The number of aromatic nitrogens is 1. The van der Waals surface area contributed by atoms with Crippen molar-refractivity contribution in [1.82, 2.24) is 4.98 Å². The SMILES string of the molecule is Cl.N[C@H](c1cccnc1Cl)C1CCCCC1. The third kappa shape index (κ3) is 3.09. The lowest BCUT2D eigenvalue weighted by Gasteiger charge is -2.27. The summed E-state index contributed by atoms with van der Waals surface area (Å²) in [5, 5.41) is 0.565. The molecule has 0 bridgehead atoms. The number of hydrogen-bond donors (Lipinski definition) is 1. The van der Waals surface area contributed by atoms with Crippen molar-refractivity contribution in [1.29, 1.82) is 0 Å². The van der Waals surface area contributed by atoms with Gasteiger partial charge in [0, 0.05) is 17.8 Å². The molecule has 16 heavy (non-hydrogen) atoms. The molecule has 1 atom stereocenters. The van der Waals surface area contributed by atoms with E-state index in [9.17, 15) is 0 Å². The van der Waals surface area contributed by atoms with Crippen molar-refractivity contribution >= 4 is 24.0 Å². The molecule has 2 rings (SSSR count). The Morgan fingerprint density at radius 1 is 1.31 bits per heavy atom. The third-order valence-corrected chi connectivity index (χ3v) is 3.62. The minimum Gasteiger partial charge on any atom is -0.324 e. The highest BCUT2D eigenvalue weighted by atomic mass is 35.5. The van der Waals surface area contributed by atoms with Gasteiger partial charge in [-0.1, -0.05) is 36.9 Å². The molecular weight excluding hydrogens is 243 g/mol. The van der Waals surface area contributed by atoms with E-state index in [1.165, 1.54) is 32.1 Å². The normalized spacial score (nSPS) is 18.9. The summed E-state index contributed by atoms with van der Waals surface area (Å²) < 4.78 is 0.